The minimum atomic E-state index is -3.31. The molecule has 0 aliphatic heterocycles. The Bertz CT molecular complexity index is 696. The van der Waals surface area contributed by atoms with Gasteiger partial charge in [-0.1, -0.05) is 5.16 Å². The number of nitrogens with zero attached hydrogens (tertiary/aromatic N) is 2. The molecule has 0 radical (unpaired) electrons. The fraction of sp³-hybridized carbons (Fsp3) is 0.750. The molecule has 142 valence electrons. The fourth-order valence-corrected chi connectivity index (χ4v) is 4.20. The molecule has 9 heteroatoms. The van der Waals surface area contributed by atoms with Crippen molar-refractivity contribution in [2.75, 3.05) is 20.4 Å². The molecule has 8 nitrogen and oxygen atoms in total. The van der Waals surface area contributed by atoms with Crippen LogP contribution in [0.1, 0.15) is 36.3 Å². The Morgan fingerprint density at radius 3 is 2.60 bits per heavy atom. The van der Waals surface area contributed by atoms with Crippen LogP contribution in [0, 0.1) is 19.8 Å². The maximum atomic E-state index is 12.8. The van der Waals surface area contributed by atoms with E-state index in [2.05, 4.69) is 9.88 Å². The smallest absolute Gasteiger partial charge is 0.225 e. The number of rotatable bonds is 6. The Morgan fingerprint density at radius 2 is 2.08 bits per heavy atom. The maximum absolute atomic E-state index is 12.8. The summed E-state index contributed by atoms with van der Waals surface area (Å²) in [7, 11) is -0.00286. The number of hydrogen-bond acceptors (Lipinski definition) is 6. The van der Waals surface area contributed by atoms with Crippen molar-refractivity contribution in [3.63, 3.8) is 0 Å². The van der Waals surface area contributed by atoms with E-state index in [9.17, 15) is 13.2 Å². The predicted octanol–water partition coefficient (Wildman–Crippen LogP) is 0.983. The van der Waals surface area contributed by atoms with Crippen LogP contribution in [-0.2, 0) is 26.1 Å². The molecular formula is C16H27N3O5S. The van der Waals surface area contributed by atoms with Gasteiger partial charge in [0.05, 0.1) is 24.6 Å². The molecule has 0 aromatic carbocycles. The Kier molecular flexibility index (Phi) is 6.23. The van der Waals surface area contributed by atoms with E-state index in [0.717, 1.165) is 17.5 Å². The second-order valence-electron chi connectivity index (χ2n) is 6.78. The van der Waals surface area contributed by atoms with Crippen molar-refractivity contribution in [2.24, 2.45) is 5.92 Å². The second kappa shape index (κ2) is 7.84. The van der Waals surface area contributed by atoms with Gasteiger partial charge < -0.3 is 14.2 Å². The number of amides is 1. The highest BCUT2D eigenvalue weighted by Gasteiger charge is 2.36. The standard InChI is InChI=1S/C16H27N3O5S/c1-10-13(11(2)24-17-10)9-19(3)16(20)12-6-7-14(15(8-12)23-4)18-25(5,21)22/h12,14-15,18H,6-9H2,1-5H3/t12-,14+,15+/m0/s1. The lowest BCUT2D eigenvalue weighted by Gasteiger charge is -2.36. The summed E-state index contributed by atoms with van der Waals surface area (Å²) in [6.45, 7) is 4.13. The summed E-state index contributed by atoms with van der Waals surface area (Å²) in [5, 5.41) is 3.91. The molecule has 2 rings (SSSR count). The SMILES string of the molecule is CO[C@@H]1C[C@@H](C(=O)N(C)Cc2c(C)noc2C)CC[C@H]1NS(C)(=O)=O. The third kappa shape index (κ3) is 5.02. The first-order valence-electron chi connectivity index (χ1n) is 8.29. The zero-order chi connectivity index (χ0) is 18.8. The second-order valence-corrected chi connectivity index (χ2v) is 8.56. The number of aromatic nitrogens is 1. The molecule has 1 amide bonds. The van der Waals surface area contributed by atoms with Crippen LogP contribution in [0.2, 0.25) is 0 Å². The van der Waals surface area contributed by atoms with Gasteiger partial charge in [0.15, 0.2) is 0 Å². The minimum absolute atomic E-state index is 0.0276. The third-order valence-electron chi connectivity index (χ3n) is 4.76. The van der Waals surface area contributed by atoms with Crippen molar-refractivity contribution in [3.8, 4) is 0 Å². The quantitative estimate of drug-likeness (QED) is 0.798. The van der Waals surface area contributed by atoms with Gasteiger partial charge in [0, 0.05) is 31.7 Å². The average molecular weight is 373 g/mol. The van der Waals surface area contributed by atoms with Gasteiger partial charge in [0.25, 0.3) is 0 Å². The lowest BCUT2D eigenvalue weighted by molar-refractivity contribution is -0.137. The topological polar surface area (TPSA) is 102 Å². The molecule has 0 saturated heterocycles. The molecule has 3 atom stereocenters. The zero-order valence-corrected chi connectivity index (χ0v) is 16.2. The Balaban J connectivity index is 2.00. The van der Waals surface area contributed by atoms with Gasteiger partial charge in [-0.2, -0.15) is 0 Å². The van der Waals surface area contributed by atoms with Crippen LogP contribution in [0.25, 0.3) is 0 Å². The third-order valence-corrected chi connectivity index (χ3v) is 5.49. The number of methoxy groups -OCH3 is 1. The molecule has 1 aliphatic rings. The minimum Gasteiger partial charge on any atom is -0.380 e. The van der Waals surface area contributed by atoms with Gasteiger partial charge in [-0.25, -0.2) is 13.1 Å². The molecule has 1 heterocycles. The molecule has 1 aromatic rings. The summed E-state index contributed by atoms with van der Waals surface area (Å²) in [5.74, 6) is 0.556. The number of hydrogen-bond donors (Lipinski definition) is 1. The van der Waals surface area contributed by atoms with Crippen LogP contribution in [0.5, 0.6) is 0 Å². The molecule has 1 N–H and O–H groups in total. The lowest BCUT2D eigenvalue weighted by atomic mass is 9.83. The van der Waals surface area contributed by atoms with Crippen LogP contribution < -0.4 is 4.72 Å². The van der Waals surface area contributed by atoms with E-state index >= 15 is 0 Å². The van der Waals surface area contributed by atoms with Crippen molar-refractivity contribution >= 4 is 15.9 Å². The van der Waals surface area contributed by atoms with Crippen molar-refractivity contribution in [1.82, 2.24) is 14.8 Å². The number of nitrogens with one attached hydrogen (secondary N) is 1. The number of ether oxygens (including phenoxy) is 1. The summed E-state index contributed by atoms with van der Waals surface area (Å²) in [5.41, 5.74) is 1.71. The van der Waals surface area contributed by atoms with E-state index in [1.807, 2.05) is 13.8 Å². The van der Waals surface area contributed by atoms with E-state index in [0.29, 0.717) is 31.6 Å². The number of aryl methyl sites for hydroxylation is 2. The Hall–Kier alpha value is -1.45. The number of carbonyl (C=O) groups is 1. The van der Waals surface area contributed by atoms with Crippen molar-refractivity contribution in [1.29, 1.82) is 0 Å². The van der Waals surface area contributed by atoms with Crippen LogP contribution in [0.15, 0.2) is 4.52 Å². The van der Waals surface area contributed by atoms with Crippen LogP contribution in [0.4, 0.5) is 0 Å². The summed E-state index contributed by atoms with van der Waals surface area (Å²) >= 11 is 0. The van der Waals surface area contributed by atoms with E-state index in [1.54, 1.807) is 19.1 Å². The monoisotopic (exact) mass is 373 g/mol. The van der Waals surface area contributed by atoms with Gasteiger partial charge in [0.1, 0.15) is 5.76 Å². The molecule has 1 fully saturated rings. The summed E-state index contributed by atoms with van der Waals surface area (Å²) in [4.78, 5) is 14.5. The van der Waals surface area contributed by atoms with E-state index < -0.39 is 10.0 Å². The number of sulfonamides is 1. The first kappa shape index (κ1) is 19.9. The molecule has 25 heavy (non-hydrogen) atoms. The molecule has 1 aromatic heterocycles. The van der Waals surface area contributed by atoms with Crippen molar-refractivity contribution < 1.29 is 22.5 Å². The van der Waals surface area contributed by atoms with Crippen molar-refractivity contribution in [2.45, 2.75) is 51.8 Å². The van der Waals surface area contributed by atoms with Crippen molar-refractivity contribution in [3.05, 3.63) is 17.0 Å². The van der Waals surface area contributed by atoms with E-state index in [4.69, 9.17) is 9.26 Å². The molecule has 1 aliphatic carbocycles. The zero-order valence-electron chi connectivity index (χ0n) is 15.4. The first-order chi connectivity index (χ1) is 11.6. The maximum Gasteiger partial charge on any atom is 0.225 e. The first-order valence-corrected chi connectivity index (χ1v) is 10.2. The largest absolute Gasteiger partial charge is 0.380 e. The van der Waals surface area contributed by atoms with Crippen LogP contribution in [-0.4, -0.2) is 56.9 Å². The van der Waals surface area contributed by atoms with E-state index in [-0.39, 0.29) is 24.0 Å². The van der Waals surface area contributed by atoms with Gasteiger partial charge in [-0.05, 0) is 33.1 Å². The number of carbonyl (C=O) groups excluding carboxylic acids is 1. The highest BCUT2D eigenvalue weighted by molar-refractivity contribution is 7.88. The Morgan fingerprint density at radius 1 is 1.40 bits per heavy atom. The highest BCUT2D eigenvalue weighted by atomic mass is 32.2. The highest BCUT2D eigenvalue weighted by Crippen LogP contribution is 2.29. The van der Waals surface area contributed by atoms with Gasteiger partial charge in [-0.15, -0.1) is 0 Å². The average Bonchev–Trinajstić information content (AvgIpc) is 2.85. The van der Waals surface area contributed by atoms with Crippen LogP contribution >= 0.6 is 0 Å². The lowest BCUT2D eigenvalue weighted by Crippen LogP contribution is -2.49. The molecule has 0 unspecified atom stereocenters. The van der Waals surface area contributed by atoms with Gasteiger partial charge >= 0.3 is 0 Å². The van der Waals surface area contributed by atoms with E-state index in [1.165, 1.54) is 0 Å². The Labute approximate surface area is 148 Å². The van der Waals surface area contributed by atoms with Gasteiger partial charge in [-0.3, -0.25) is 4.79 Å². The van der Waals surface area contributed by atoms with Gasteiger partial charge in [0.2, 0.25) is 15.9 Å². The van der Waals surface area contributed by atoms with Crippen LogP contribution in [0.3, 0.4) is 0 Å². The summed E-state index contributed by atoms with van der Waals surface area (Å²) in [6, 6.07) is -0.295. The fourth-order valence-electron chi connectivity index (χ4n) is 3.38. The molecule has 0 bridgehead atoms. The normalized spacial score (nSPS) is 24.3. The predicted molar refractivity (Wildman–Crippen MR) is 92.4 cm³/mol. The summed E-state index contributed by atoms with van der Waals surface area (Å²) in [6.07, 6.45) is 2.51. The molecule has 0 spiro atoms. The summed E-state index contributed by atoms with van der Waals surface area (Å²) < 4.78 is 36.1. The molecular weight excluding hydrogens is 346 g/mol. The molecule has 1 saturated carbocycles.